The lowest BCUT2D eigenvalue weighted by atomic mass is 10.0. The van der Waals surface area contributed by atoms with Crippen molar-refractivity contribution in [1.82, 2.24) is 0 Å². The first-order chi connectivity index (χ1) is 10.5. The van der Waals surface area contributed by atoms with Gasteiger partial charge in [0.1, 0.15) is 5.82 Å². The zero-order valence-electron chi connectivity index (χ0n) is 12.2. The first kappa shape index (κ1) is 14.1. The van der Waals surface area contributed by atoms with E-state index in [0.29, 0.717) is 16.8 Å². The minimum Gasteiger partial charge on any atom is -0.378 e. The fourth-order valence-electron chi connectivity index (χ4n) is 2.65. The molecule has 2 aromatic carbocycles. The van der Waals surface area contributed by atoms with Crippen molar-refractivity contribution in [2.75, 3.05) is 23.9 Å². The summed E-state index contributed by atoms with van der Waals surface area (Å²) in [4.78, 5) is 15.8. The van der Waals surface area contributed by atoms with Crippen LogP contribution >= 0.6 is 0 Å². The smallest absolute Gasteiger partial charge is 0.260 e. The summed E-state index contributed by atoms with van der Waals surface area (Å²) in [5.74, 6) is -0.718. The van der Waals surface area contributed by atoms with Crippen LogP contribution in [0.15, 0.2) is 42.5 Å². The van der Waals surface area contributed by atoms with E-state index in [1.807, 2.05) is 31.1 Å². The molecule has 0 radical (unpaired) electrons. The van der Waals surface area contributed by atoms with Gasteiger partial charge in [-0.2, -0.15) is 5.26 Å². The lowest BCUT2D eigenvalue weighted by Crippen LogP contribution is -2.26. The molecular formula is C17H14FN3O. The van der Waals surface area contributed by atoms with E-state index in [-0.39, 0.29) is 5.91 Å². The van der Waals surface area contributed by atoms with Crippen LogP contribution < -0.4 is 9.80 Å². The molecule has 3 rings (SSSR count). The molecule has 5 heteroatoms. The molecule has 1 atom stereocenters. The van der Waals surface area contributed by atoms with E-state index in [1.165, 1.54) is 23.1 Å². The molecule has 2 aromatic rings. The Bertz CT molecular complexity index is 795. The molecule has 1 aliphatic heterocycles. The maximum atomic E-state index is 13.4. The van der Waals surface area contributed by atoms with Crippen molar-refractivity contribution in [3.05, 3.63) is 59.4 Å². The molecule has 0 saturated carbocycles. The van der Waals surface area contributed by atoms with Crippen molar-refractivity contribution in [3.63, 3.8) is 0 Å². The Kier molecular flexibility index (Phi) is 3.30. The average Bonchev–Trinajstić information content (AvgIpc) is 2.79. The third kappa shape index (κ3) is 2.09. The summed E-state index contributed by atoms with van der Waals surface area (Å²) in [6, 6.07) is 12.5. The highest BCUT2D eigenvalue weighted by Crippen LogP contribution is 2.38. The monoisotopic (exact) mass is 295 g/mol. The highest BCUT2D eigenvalue weighted by Gasteiger charge is 2.38. The molecule has 1 unspecified atom stereocenters. The molecule has 0 aromatic heterocycles. The van der Waals surface area contributed by atoms with Crippen molar-refractivity contribution in [2.24, 2.45) is 0 Å². The predicted molar refractivity (Wildman–Crippen MR) is 82.3 cm³/mol. The first-order valence-electron chi connectivity index (χ1n) is 6.83. The van der Waals surface area contributed by atoms with Gasteiger partial charge in [0.2, 0.25) is 0 Å². The molecule has 0 spiro atoms. The van der Waals surface area contributed by atoms with Gasteiger partial charge in [-0.05, 0) is 36.4 Å². The van der Waals surface area contributed by atoms with Crippen LogP contribution in [-0.2, 0) is 0 Å². The summed E-state index contributed by atoms with van der Waals surface area (Å²) in [7, 11) is 3.79. The summed E-state index contributed by atoms with van der Waals surface area (Å²) >= 11 is 0. The van der Waals surface area contributed by atoms with E-state index in [4.69, 9.17) is 0 Å². The number of halogens is 1. The minimum atomic E-state index is -0.746. The second kappa shape index (κ2) is 5.15. The largest absolute Gasteiger partial charge is 0.378 e. The van der Waals surface area contributed by atoms with E-state index >= 15 is 0 Å². The summed E-state index contributed by atoms with van der Waals surface area (Å²) in [5.41, 5.74) is 2.44. The zero-order valence-corrected chi connectivity index (χ0v) is 12.2. The van der Waals surface area contributed by atoms with Crippen LogP contribution in [0.3, 0.4) is 0 Å². The number of carbonyl (C=O) groups excluding carboxylic acids is 1. The maximum absolute atomic E-state index is 13.4. The van der Waals surface area contributed by atoms with Gasteiger partial charge in [-0.1, -0.05) is 6.07 Å². The van der Waals surface area contributed by atoms with Gasteiger partial charge in [0.15, 0.2) is 6.04 Å². The molecule has 0 saturated heterocycles. The van der Waals surface area contributed by atoms with E-state index in [0.717, 1.165) is 5.69 Å². The van der Waals surface area contributed by atoms with E-state index in [2.05, 4.69) is 6.07 Å². The zero-order chi connectivity index (χ0) is 15.9. The van der Waals surface area contributed by atoms with Crippen molar-refractivity contribution < 1.29 is 9.18 Å². The van der Waals surface area contributed by atoms with Gasteiger partial charge in [0.05, 0.1) is 6.07 Å². The Balaban J connectivity index is 2.12. The van der Waals surface area contributed by atoms with Crippen LogP contribution in [0.5, 0.6) is 0 Å². The third-order valence-electron chi connectivity index (χ3n) is 3.76. The maximum Gasteiger partial charge on any atom is 0.260 e. The lowest BCUT2D eigenvalue weighted by molar-refractivity contribution is 0.0994. The Morgan fingerprint density at radius 1 is 1.23 bits per heavy atom. The van der Waals surface area contributed by atoms with Crippen LogP contribution in [-0.4, -0.2) is 20.0 Å². The predicted octanol–water partition coefficient (Wildman–Crippen LogP) is 3.12. The number of anilines is 2. The van der Waals surface area contributed by atoms with Crippen molar-refractivity contribution in [2.45, 2.75) is 6.04 Å². The fraction of sp³-hybridized carbons (Fsp3) is 0.176. The molecule has 22 heavy (non-hydrogen) atoms. The van der Waals surface area contributed by atoms with Gasteiger partial charge in [-0.3, -0.25) is 9.69 Å². The number of nitrogens with zero attached hydrogens (tertiary/aromatic N) is 3. The second-order valence-electron chi connectivity index (χ2n) is 5.35. The average molecular weight is 295 g/mol. The summed E-state index contributed by atoms with van der Waals surface area (Å²) in [6.45, 7) is 0. The molecular weight excluding hydrogens is 281 g/mol. The molecule has 1 amide bonds. The third-order valence-corrected chi connectivity index (χ3v) is 3.76. The highest BCUT2D eigenvalue weighted by molar-refractivity contribution is 6.11. The van der Waals surface area contributed by atoms with Crippen LogP contribution in [0.1, 0.15) is 22.0 Å². The molecule has 4 nitrogen and oxygen atoms in total. The Morgan fingerprint density at radius 3 is 2.64 bits per heavy atom. The van der Waals surface area contributed by atoms with Crippen LogP contribution in [0.2, 0.25) is 0 Å². The van der Waals surface area contributed by atoms with E-state index < -0.39 is 11.9 Å². The number of rotatable bonds is 2. The lowest BCUT2D eigenvalue weighted by Gasteiger charge is -2.20. The summed E-state index contributed by atoms with van der Waals surface area (Å²) in [5, 5.41) is 9.51. The Morgan fingerprint density at radius 2 is 2.00 bits per heavy atom. The normalized spacial score (nSPS) is 16.4. The number of hydrogen-bond donors (Lipinski definition) is 0. The van der Waals surface area contributed by atoms with Gasteiger partial charge in [-0.15, -0.1) is 0 Å². The molecule has 0 aliphatic carbocycles. The second-order valence-corrected chi connectivity index (χ2v) is 5.35. The van der Waals surface area contributed by atoms with Gasteiger partial charge < -0.3 is 4.90 Å². The van der Waals surface area contributed by atoms with E-state index in [9.17, 15) is 14.4 Å². The number of carbonyl (C=O) groups is 1. The standard InChI is InChI=1S/C17H14FN3O/c1-20(2)12-6-7-14-15(9-12)16(10-19)21(17(14)22)13-5-3-4-11(18)8-13/h3-9,16H,1-2H3. The van der Waals surface area contributed by atoms with Crippen molar-refractivity contribution in [3.8, 4) is 6.07 Å². The van der Waals surface area contributed by atoms with Crippen LogP contribution in [0.25, 0.3) is 0 Å². The summed E-state index contributed by atoms with van der Waals surface area (Å²) < 4.78 is 13.4. The minimum absolute atomic E-state index is 0.280. The highest BCUT2D eigenvalue weighted by atomic mass is 19.1. The quantitative estimate of drug-likeness (QED) is 0.855. The van der Waals surface area contributed by atoms with Gasteiger partial charge in [0.25, 0.3) is 5.91 Å². The van der Waals surface area contributed by atoms with Gasteiger partial charge in [-0.25, -0.2) is 4.39 Å². The Labute approximate surface area is 128 Å². The molecule has 110 valence electrons. The number of nitriles is 1. The molecule has 0 N–H and O–H groups in total. The van der Waals surface area contributed by atoms with Gasteiger partial charge in [0, 0.05) is 36.6 Å². The summed E-state index contributed by atoms with van der Waals surface area (Å²) in [6.07, 6.45) is 0. The number of fused-ring (bicyclic) bond motifs is 1. The molecule has 1 aliphatic rings. The molecule has 1 heterocycles. The van der Waals surface area contributed by atoms with Gasteiger partial charge >= 0.3 is 0 Å². The number of amides is 1. The van der Waals surface area contributed by atoms with Crippen molar-refractivity contribution >= 4 is 17.3 Å². The van der Waals surface area contributed by atoms with E-state index in [1.54, 1.807) is 12.1 Å². The van der Waals surface area contributed by atoms with Crippen LogP contribution in [0, 0.1) is 17.1 Å². The molecule has 0 fully saturated rings. The fourth-order valence-corrected chi connectivity index (χ4v) is 2.65. The van der Waals surface area contributed by atoms with Crippen LogP contribution in [0.4, 0.5) is 15.8 Å². The Hall–Kier alpha value is -2.87. The number of benzene rings is 2. The molecule has 0 bridgehead atoms. The topological polar surface area (TPSA) is 47.3 Å². The SMILES string of the molecule is CN(C)c1ccc2c(c1)C(C#N)N(c1cccc(F)c1)C2=O. The van der Waals surface area contributed by atoms with Crippen molar-refractivity contribution in [1.29, 1.82) is 5.26 Å². The first-order valence-corrected chi connectivity index (χ1v) is 6.83. The number of hydrogen-bond acceptors (Lipinski definition) is 3.